The molecule has 0 spiro atoms. The average molecular weight is 284 g/mol. The first-order valence-electron chi connectivity index (χ1n) is 6.12. The fourth-order valence-electron chi connectivity index (χ4n) is 2.28. The normalized spacial score (nSPS) is 10.7. The van der Waals surface area contributed by atoms with Crippen LogP contribution >= 0.6 is 0 Å². The molecule has 0 aliphatic heterocycles. The molecular formula is C15H9FN2O3. The van der Waals surface area contributed by atoms with Gasteiger partial charge in [-0.25, -0.2) is 4.39 Å². The fourth-order valence-corrected chi connectivity index (χ4v) is 2.28. The summed E-state index contributed by atoms with van der Waals surface area (Å²) in [5, 5.41) is 11.3. The number of halogens is 1. The number of nitrogens with one attached hydrogen (secondary N) is 1. The van der Waals surface area contributed by atoms with Crippen LogP contribution in [0, 0.1) is 15.9 Å². The average Bonchev–Trinajstić information content (AvgIpc) is 2.90. The molecule has 2 aromatic carbocycles. The third-order valence-electron chi connectivity index (χ3n) is 3.21. The Labute approximate surface area is 118 Å². The lowest BCUT2D eigenvalue weighted by atomic mass is 10.0. The first-order chi connectivity index (χ1) is 10.1. The molecule has 0 fully saturated rings. The number of aromatic nitrogens is 1. The summed E-state index contributed by atoms with van der Waals surface area (Å²) in [6, 6.07) is 9.74. The maximum absolute atomic E-state index is 13.2. The standard InChI is InChI=1S/C15H9FN2O3/c16-10-4-1-3-9(7-10)15(19)11-8-17-12-5-2-6-13(14(11)12)18(20)21/h1-8,17H. The summed E-state index contributed by atoms with van der Waals surface area (Å²) in [6.45, 7) is 0. The molecule has 0 saturated carbocycles. The summed E-state index contributed by atoms with van der Waals surface area (Å²) < 4.78 is 13.2. The van der Waals surface area contributed by atoms with Crippen molar-refractivity contribution in [1.82, 2.24) is 4.98 Å². The highest BCUT2D eigenvalue weighted by atomic mass is 19.1. The molecule has 0 amide bonds. The van der Waals surface area contributed by atoms with E-state index in [0.29, 0.717) is 5.52 Å². The lowest BCUT2D eigenvalue weighted by Gasteiger charge is -2.01. The SMILES string of the molecule is O=C(c1cccc(F)c1)c1c[nH]c2cccc([N+](=O)[O-])c12. The maximum Gasteiger partial charge on any atom is 0.279 e. The number of hydrogen-bond donors (Lipinski definition) is 1. The first kappa shape index (κ1) is 13.0. The van der Waals surface area contributed by atoms with Crippen molar-refractivity contribution in [1.29, 1.82) is 0 Å². The highest BCUT2D eigenvalue weighted by Gasteiger charge is 2.21. The van der Waals surface area contributed by atoms with E-state index in [9.17, 15) is 19.3 Å². The van der Waals surface area contributed by atoms with E-state index in [-0.39, 0.29) is 22.2 Å². The van der Waals surface area contributed by atoms with E-state index < -0.39 is 16.5 Å². The van der Waals surface area contributed by atoms with Crippen molar-refractivity contribution in [3.63, 3.8) is 0 Å². The van der Waals surface area contributed by atoms with Crippen LogP contribution in [0.1, 0.15) is 15.9 Å². The van der Waals surface area contributed by atoms with Crippen LogP contribution in [0.5, 0.6) is 0 Å². The zero-order chi connectivity index (χ0) is 15.0. The first-order valence-corrected chi connectivity index (χ1v) is 6.12. The predicted molar refractivity (Wildman–Crippen MR) is 74.8 cm³/mol. The summed E-state index contributed by atoms with van der Waals surface area (Å²) in [5.74, 6) is -0.995. The molecule has 5 nitrogen and oxygen atoms in total. The molecule has 104 valence electrons. The van der Waals surface area contributed by atoms with Crippen molar-refractivity contribution in [2.24, 2.45) is 0 Å². The van der Waals surface area contributed by atoms with Gasteiger partial charge in [-0.3, -0.25) is 14.9 Å². The van der Waals surface area contributed by atoms with E-state index in [1.165, 1.54) is 36.5 Å². The lowest BCUT2D eigenvalue weighted by Crippen LogP contribution is -2.02. The molecule has 0 atom stereocenters. The molecule has 1 N–H and O–H groups in total. The molecular weight excluding hydrogens is 275 g/mol. The number of hydrogen-bond acceptors (Lipinski definition) is 3. The van der Waals surface area contributed by atoms with Gasteiger partial charge < -0.3 is 4.98 Å². The second-order valence-electron chi connectivity index (χ2n) is 4.50. The zero-order valence-electron chi connectivity index (χ0n) is 10.7. The number of fused-ring (bicyclic) bond motifs is 1. The monoisotopic (exact) mass is 284 g/mol. The lowest BCUT2D eigenvalue weighted by molar-refractivity contribution is -0.383. The number of aromatic amines is 1. The zero-order valence-corrected chi connectivity index (χ0v) is 10.7. The summed E-state index contributed by atoms with van der Waals surface area (Å²) in [7, 11) is 0. The molecule has 1 aromatic heterocycles. The van der Waals surface area contributed by atoms with Gasteiger partial charge in [0.1, 0.15) is 5.82 Å². The van der Waals surface area contributed by atoms with Gasteiger partial charge in [0, 0.05) is 17.8 Å². The van der Waals surface area contributed by atoms with Crippen molar-refractivity contribution in [3.05, 3.63) is 75.7 Å². The Morgan fingerprint density at radius 1 is 1.19 bits per heavy atom. The van der Waals surface area contributed by atoms with Gasteiger partial charge in [0.25, 0.3) is 5.69 Å². The summed E-state index contributed by atoms with van der Waals surface area (Å²) >= 11 is 0. The van der Waals surface area contributed by atoms with Gasteiger partial charge in [0.2, 0.25) is 0 Å². The van der Waals surface area contributed by atoms with Crippen LogP contribution in [-0.2, 0) is 0 Å². The summed E-state index contributed by atoms with van der Waals surface area (Å²) in [5.41, 5.74) is 0.634. The molecule has 0 aliphatic carbocycles. The van der Waals surface area contributed by atoms with Gasteiger partial charge in [-0.1, -0.05) is 18.2 Å². The number of ketones is 1. The number of carbonyl (C=O) groups is 1. The van der Waals surface area contributed by atoms with Gasteiger partial charge in [0.15, 0.2) is 5.78 Å². The van der Waals surface area contributed by atoms with Crippen LogP contribution in [-0.4, -0.2) is 15.7 Å². The quantitative estimate of drug-likeness (QED) is 0.454. The molecule has 6 heteroatoms. The van der Waals surface area contributed by atoms with Crippen molar-refractivity contribution in [2.45, 2.75) is 0 Å². The minimum absolute atomic E-state index is 0.147. The number of non-ortho nitro benzene ring substituents is 1. The van der Waals surface area contributed by atoms with Gasteiger partial charge >= 0.3 is 0 Å². The van der Waals surface area contributed by atoms with E-state index in [2.05, 4.69) is 4.98 Å². The minimum atomic E-state index is -0.543. The molecule has 3 rings (SSSR count). The van der Waals surface area contributed by atoms with Crippen LogP contribution in [0.15, 0.2) is 48.7 Å². The van der Waals surface area contributed by atoms with Crippen LogP contribution in [0.3, 0.4) is 0 Å². The van der Waals surface area contributed by atoms with Crippen LogP contribution < -0.4 is 0 Å². The maximum atomic E-state index is 13.2. The number of benzene rings is 2. The molecule has 0 bridgehead atoms. The largest absolute Gasteiger partial charge is 0.360 e. The molecule has 3 aromatic rings. The van der Waals surface area contributed by atoms with Crippen molar-refractivity contribution < 1.29 is 14.1 Å². The fraction of sp³-hybridized carbons (Fsp3) is 0. The minimum Gasteiger partial charge on any atom is -0.360 e. The molecule has 0 aliphatic rings. The van der Waals surface area contributed by atoms with Crippen LogP contribution in [0.25, 0.3) is 10.9 Å². The topological polar surface area (TPSA) is 76.0 Å². The van der Waals surface area contributed by atoms with E-state index in [1.807, 2.05) is 0 Å². The van der Waals surface area contributed by atoms with Crippen molar-refractivity contribution in [2.75, 3.05) is 0 Å². The second-order valence-corrected chi connectivity index (χ2v) is 4.50. The smallest absolute Gasteiger partial charge is 0.279 e. The van der Waals surface area contributed by atoms with E-state index in [4.69, 9.17) is 0 Å². The van der Waals surface area contributed by atoms with Crippen LogP contribution in [0.4, 0.5) is 10.1 Å². The number of nitro benzene ring substituents is 1. The number of nitro groups is 1. The van der Waals surface area contributed by atoms with E-state index >= 15 is 0 Å². The Kier molecular flexibility index (Phi) is 2.98. The highest BCUT2D eigenvalue weighted by Crippen LogP contribution is 2.29. The number of nitrogens with zero attached hydrogens (tertiary/aromatic N) is 1. The Morgan fingerprint density at radius 3 is 2.67 bits per heavy atom. The molecule has 1 heterocycles. The number of carbonyl (C=O) groups excluding carboxylic acids is 1. The van der Waals surface area contributed by atoms with Gasteiger partial charge in [-0.15, -0.1) is 0 Å². The van der Waals surface area contributed by atoms with Crippen LogP contribution in [0.2, 0.25) is 0 Å². The molecule has 21 heavy (non-hydrogen) atoms. The Bertz CT molecular complexity index is 870. The molecule has 0 saturated heterocycles. The highest BCUT2D eigenvalue weighted by molar-refractivity contribution is 6.18. The van der Waals surface area contributed by atoms with Crippen molar-refractivity contribution in [3.8, 4) is 0 Å². The Hall–Kier alpha value is -3.02. The third-order valence-corrected chi connectivity index (χ3v) is 3.21. The molecule has 0 unspecified atom stereocenters. The van der Waals surface area contributed by atoms with Gasteiger partial charge in [-0.2, -0.15) is 0 Å². The number of rotatable bonds is 3. The number of H-pyrrole nitrogens is 1. The predicted octanol–water partition coefficient (Wildman–Crippen LogP) is 3.45. The summed E-state index contributed by atoms with van der Waals surface area (Å²) in [4.78, 5) is 25.8. The second kappa shape index (κ2) is 4.82. The van der Waals surface area contributed by atoms with Gasteiger partial charge in [0.05, 0.1) is 21.4 Å². The molecule has 0 radical (unpaired) electrons. The third kappa shape index (κ3) is 2.16. The van der Waals surface area contributed by atoms with E-state index in [0.717, 1.165) is 6.07 Å². The van der Waals surface area contributed by atoms with E-state index in [1.54, 1.807) is 6.07 Å². The summed E-state index contributed by atoms with van der Waals surface area (Å²) in [6.07, 6.45) is 1.41. The van der Waals surface area contributed by atoms with Crippen molar-refractivity contribution >= 4 is 22.4 Å². The van der Waals surface area contributed by atoms with Gasteiger partial charge in [-0.05, 0) is 18.2 Å². The Morgan fingerprint density at radius 2 is 1.95 bits per heavy atom. The Balaban J connectivity index is 2.21.